The van der Waals surface area contributed by atoms with Gasteiger partial charge in [-0.3, -0.25) is 4.68 Å². The van der Waals surface area contributed by atoms with Gasteiger partial charge in [0.1, 0.15) is 0 Å². The highest BCUT2D eigenvalue weighted by Gasteiger charge is 2.17. The van der Waals surface area contributed by atoms with E-state index in [1.807, 2.05) is 6.20 Å². The molecular weight excluding hydrogens is 174 g/mol. The molecule has 2 N–H and O–H groups in total. The van der Waals surface area contributed by atoms with Crippen LogP contribution in [-0.4, -0.2) is 16.3 Å². The molecule has 0 spiro atoms. The predicted molar refractivity (Wildman–Crippen MR) is 57.1 cm³/mol. The minimum Gasteiger partial charge on any atom is -0.330 e. The molecule has 78 valence electrons. The molecule has 14 heavy (non-hydrogen) atoms. The van der Waals surface area contributed by atoms with Crippen LogP contribution < -0.4 is 5.73 Å². The molecule has 0 unspecified atom stereocenters. The Morgan fingerprint density at radius 3 is 2.86 bits per heavy atom. The zero-order chi connectivity index (χ0) is 9.80. The third-order valence-electron chi connectivity index (χ3n) is 3.07. The van der Waals surface area contributed by atoms with E-state index >= 15 is 0 Å². The highest BCUT2D eigenvalue weighted by Crippen LogP contribution is 2.28. The fraction of sp³-hybridized carbons (Fsp3) is 0.727. The molecular formula is C11H19N3. The lowest BCUT2D eigenvalue weighted by atomic mass is 9.95. The van der Waals surface area contributed by atoms with E-state index in [2.05, 4.69) is 15.8 Å². The summed E-state index contributed by atoms with van der Waals surface area (Å²) >= 11 is 0. The molecule has 3 heteroatoms. The number of nitrogens with two attached hydrogens (primary N) is 1. The van der Waals surface area contributed by atoms with E-state index in [0.29, 0.717) is 6.04 Å². The van der Waals surface area contributed by atoms with Gasteiger partial charge in [0.2, 0.25) is 0 Å². The third kappa shape index (κ3) is 1.98. The smallest absolute Gasteiger partial charge is 0.0522 e. The summed E-state index contributed by atoms with van der Waals surface area (Å²) in [5.41, 5.74) is 6.88. The summed E-state index contributed by atoms with van der Waals surface area (Å²) in [6, 6.07) is 2.74. The van der Waals surface area contributed by atoms with Gasteiger partial charge in [0.05, 0.1) is 6.04 Å². The zero-order valence-corrected chi connectivity index (χ0v) is 8.65. The van der Waals surface area contributed by atoms with Crippen molar-refractivity contribution in [1.82, 2.24) is 9.78 Å². The van der Waals surface area contributed by atoms with Crippen LogP contribution in [0.3, 0.4) is 0 Å². The van der Waals surface area contributed by atoms with Gasteiger partial charge in [-0.1, -0.05) is 19.3 Å². The molecule has 0 atom stereocenters. The maximum Gasteiger partial charge on any atom is 0.0522 e. The Hall–Kier alpha value is -0.830. The summed E-state index contributed by atoms with van der Waals surface area (Å²) in [5.74, 6) is 0. The average Bonchev–Trinajstić information content (AvgIpc) is 2.68. The largest absolute Gasteiger partial charge is 0.330 e. The fourth-order valence-corrected chi connectivity index (χ4v) is 2.34. The van der Waals surface area contributed by atoms with Crippen LogP contribution in [0.2, 0.25) is 0 Å². The van der Waals surface area contributed by atoms with Crippen LogP contribution in [0, 0.1) is 0 Å². The number of rotatable bonds is 3. The second-order valence-electron chi connectivity index (χ2n) is 4.10. The molecule has 1 heterocycles. The highest BCUT2D eigenvalue weighted by atomic mass is 15.3. The van der Waals surface area contributed by atoms with Crippen molar-refractivity contribution in [2.24, 2.45) is 5.73 Å². The third-order valence-corrected chi connectivity index (χ3v) is 3.07. The second kappa shape index (κ2) is 4.60. The van der Waals surface area contributed by atoms with Gasteiger partial charge < -0.3 is 5.73 Å². The lowest BCUT2D eigenvalue weighted by Gasteiger charge is -2.23. The molecule has 0 bridgehead atoms. The molecule has 0 aliphatic heterocycles. The SMILES string of the molecule is NCCc1ccnn1C1CCCCC1. The minimum atomic E-state index is 0.639. The Morgan fingerprint density at radius 2 is 2.14 bits per heavy atom. The molecule has 3 nitrogen and oxygen atoms in total. The number of aromatic nitrogens is 2. The van der Waals surface area contributed by atoms with Crippen molar-refractivity contribution in [1.29, 1.82) is 0 Å². The first-order valence-electron chi connectivity index (χ1n) is 5.64. The van der Waals surface area contributed by atoms with E-state index in [1.165, 1.54) is 37.8 Å². The first-order valence-corrected chi connectivity index (χ1v) is 5.64. The first kappa shape index (κ1) is 9.71. The van der Waals surface area contributed by atoms with Crippen molar-refractivity contribution >= 4 is 0 Å². The van der Waals surface area contributed by atoms with Crippen molar-refractivity contribution in [3.63, 3.8) is 0 Å². The normalized spacial score (nSPS) is 18.6. The average molecular weight is 193 g/mol. The molecule has 2 rings (SSSR count). The highest BCUT2D eigenvalue weighted by molar-refractivity contribution is 5.02. The van der Waals surface area contributed by atoms with Gasteiger partial charge in [0, 0.05) is 18.3 Å². The number of hydrogen-bond donors (Lipinski definition) is 1. The lowest BCUT2D eigenvalue weighted by Crippen LogP contribution is -2.18. The Morgan fingerprint density at radius 1 is 1.36 bits per heavy atom. The monoisotopic (exact) mass is 193 g/mol. The van der Waals surface area contributed by atoms with Gasteiger partial charge >= 0.3 is 0 Å². The topological polar surface area (TPSA) is 43.8 Å². The van der Waals surface area contributed by atoms with E-state index in [9.17, 15) is 0 Å². The standard InChI is InChI=1S/C11H19N3/c12-8-6-11-7-9-13-14(11)10-4-2-1-3-5-10/h7,9-10H,1-6,8,12H2. The van der Waals surface area contributed by atoms with Gasteiger partial charge in [-0.25, -0.2) is 0 Å². The van der Waals surface area contributed by atoms with E-state index in [0.717, 1.165) is 13.0 Å². The maximum absolute atomic E-state index is 5.58. The van der Waals surface area contributed by atoms with Crippen molar-refractivity contribution < 1.29 is 0 Å². The minimum absolute atomic E-state index is 0.639. The zero-order valence-electron chi connectivity index (χ0n) is 8.65. The second-order valence-corrected chi connectivity index (χ2v) is 4.10. The number of hydrogen-bond acceptors (Lipinski definition) is 2. The summed E-state index contributed by atoms with van der Waals surface area (Å²) in [6.45, 7) is 0.721. The van der Waals surface area contributed by atoms with Crippen LogP contribution in [0.4, 0.5) is 0 Å². The lowest BCUT2D eigenvalue weighted by molar-refractivity contribution is 0.322. The van der Waals surface area contributed by atoms with E-state index < -0.39 is 0 Å². The molecule has 1 aromatic heterocycles. The molecule has 0 aromatic carbocycles. The van der Waals surface area contributed by atoms with Crippen LogP contribution in [0.15, 0.2) is 12.3 Å². The van der Waals surface area contributed by atoms with Crippen LogP contribution in [0.5, 0.6) is 0 Å². The van der Waals surface area contributed by atoms with Crippen LogP contribution in [-0.2, 0) is 6.42 Å². The molecule has 1 saturated carbocycles. The Bertz CT molecular complexity index is 274. The van der Waals surface area contributed by atoms with Crippen molar-refractivity contribution in [2.75, 3.05) is 6.54 Å². The van der Waals surface area contributed by atoms with Crippen LogP contribution in [0.1, 0.15) is 43.8 Å². The number of nitrogens with zero attached hydrogens (tertiary/aromatic N) is 2. The van der Waals surface area contributed by atoms with E-state index in [-0.39, 0.29) is 0 Å². The summed E-state index contributed by atoms with van der Waals surface area (Å²) < 4.78 is 2.20. The maximum atomic E-state index is 5.58. The molecule has 0 amide bonds. The van der Waals surface area contributed by atoms with E-state index in [1.54, 1.807) is 0 Å². The molecule has 1 fully saturated rings. The Kier molecular flexibility index (Phi) is 3.19. The molecule has 1 aliphatic carbocycles. The summed E-state index contributed by atoms with van der Waals surface area (Å²) in [7, 11) is 0. The van der Waals surface area contributed by atoms with Gasteiger partial charge in [-0.15, -0.1) is 0 Å². The molecule has 0 saturated heterocycles. The van der Waals surface area contributed by atoms with Gasteiger partial charge in [0.25, 0.3) is 0 Å². The Balaban J connectivity index is 2.09. The summed E-state index contributed by atoms with van der Waals surface area (Å²) in [6.07, 6.45) is 9.54. The van der Waals surface area contributed by atoms with Gasteiger partial charge in [-0.2, -0.15) is 5.10 Å². The summed E-state index contributed by atoms with van der Waals surface area (Å²) in [5, 5.41) is 4.42. The predicted octanol–water partition coefficient (Wildman–Crippen LogP) is 1.89. The molecule has 1 aromatic rings. The summed E-state index contributed by atoms with van der Waals surface area (Å²) in [4.78, 5) is 0. The van der Waals surface area contributed by atoms with E-state index in [4.69, 9.17) is 5.73 Å². The molecule has 1 aliphatic rings. The van der Waals surface area contributed by atoms with Gasteiger partial charge in [-0.05, 0) is 25.5 Å². The van der Waals surface area contributed by atoms with Crippen molar-refractivity contribution in [2.45, 2.75) is 44.6 Å². The van der Waals surface area contributed by atoms with Crippen molar-refractivity contribution in [3.05, 3.63) is 18.0 Å². The Labute approximate surface area is 85.3 Å². The van der Waals surface area contributed by atoms with Crippen LogP contribution >= 0.6 is 0 Å². The van der Waals surface area contributed by atoms with Gasteiger partial charge in [0.15, 0.2) is 0 Å². The van der Waals surface area contributed by atoms with Crippen LogP contribution in [0.25, 0.3) is 0 Å². The van der Waals surface area contributed by atoms with Crippen molar-refractivity contribution in [3.8, 4) is 0 Å². The molecule has 0 radical (unpaired) electrons. The fourth-order valence-electron chi connectivity index (χ4n) is 2.34. The first-order chi connectivity index (χ1) is 6.92. The quantitative estimate of drug-likeness (QED) is 0.796.